The van der Waals surface area contributed by atoms with Gasteiger partial charge in [-0.3, -0.25) is 9.59 Å². The highest BCUT2D eigenvalue weighted by Crippen LogP contribution is 2.33. The highest BCUT2D eigenvalue weighted by Gasteiger charge is 2.39. The molecule has 0 heterocycles. The minimum Gasteiger partial charge on any atom is -0.481 e. The number of carboxylic acids is 1. The summed E-state index contributed by atoms with van der Waals surface area (Å²) in [6, 6.07) is 0. The maximum atomic E-state index is 12.0. The van der Waals surface area contributed by atoms with E-state index in [1.807, 2.05) is 43.4 Å². The van der Waals surface area contributed by atoms with Gasteiger partial charge in [-0.15, -0.1) is 0 Å². The van der Waals surface area contributed by atoms with Gasteiger partial charge in [0.25, 0.3) is 0 Å². The van der Waals surface area contributed by atoms with Crippen LogP contribution in [-0.2, 0) is 9.59 Å². The number of Topliss-reactive ketones (excluding diaryl/α,β-unsaturated/α-hetero) is 1. The van der Waals surface area contributed by atoms with Crippen molar-refractivity contribution < 1.29 is 24.9 Å². The van der Waals surface area contributed by atoms with Gasteiger partial charge in [0.2, 0.25) is 0 Å². The second kappa shape index (κ2) is 13.2. The third kappa shape index (κ3) is 9.50. The molecule has 150 valence electrons. The van der Waals surface area contributed by atoms with Crippen LogP contribution in [0.25, 0.3) is 0 Å². The van der Waals surface area contributed by atoms with E-state index in [4.69, 9.17) is 5.11 Å². The van der Waals surface area contributed by atoms with Crippen molar-refractivity contribution >= 4 is 11.8 Å². The maximum Gasteiger partial charge on any atom is 0.303 e. The van der Waals surface area contributed by atoms with Gasteiger partial charge in [-0.25, -0.2) is 0 Å². The molecular formula is C22H32O5. The third-order valence-corrected chi connectivity index (χ3v) is 4.67. The van der Waals surface area contributed by atoms with E-state index in [0.717, 1.165) is 12.8 Å². The van der Waals surface area contributed by atoms with Crippen molar-refractivity contribution in [1.29, 1.82) is 0 Å². The van der Waals surface area contributed by atoms with Gasteiger partial charge in [-0.05, 0) is 32.1 Å². The lowest BCUT2D eigenvalue weighted by Gasteiger charge is -2.16. The first kappa shape index (κ1) is 23.1. The van der Waals surface area contributed by atoms with Crippen LogP contribution in [0.1, 0.15) is 51.9 Å². The predicted octanol–water partition coefficient (Wildman–Crippen LogP) is 3.58. The van der Waals surface area contributed by atoms with Gasteiger partial charge in [0.15, 0.2) is 0 Å². The van der Waals surface area contributed by atoms with Gasteiger partial charge in [-0.1, -0.05) is 55.5 Å². The molecular weight excluding hydrogens is 344 g/mol. The van der Waals surface area contributed by atoms with Gasteiger partial charge in [0, 0.05) is 24.7 Å². The first-order valence-electron chi connectivity index (χ1n) is 9.69. The van der Waals surface area contributed by atoms with Crippen molar-refractivity contribution in [1.82, 2.24) is 0 Å². The molecule has 5 heteroatoms. The van der Waals surface area contributed by atoms with Crippen LogP contribution in [0.4, 0.5) is 0 Å². The molecule has 0 unspecified atom stereocenters. The second-order valence-corrected chi connectivity index (χ2v) is 6.84. The molecule has 0 spiro atoms. The number of aliphatic hydroxyl groups excluding tert-OH is 2. The molecule has 0 bridgehead atoms. The number of aliphatic carboxylic acids is 1. The topological polar surface area (TPSA) is 94.8 Å². The Morgan fingerprint density at radius 2 is 1.78 bits per heavy atom. The smallest absolute Gasteiger partial charge is 0.303 e. The van der Waals surface area contributed by atoms with Crippen molar-refractivity contribution in [2.24, 2.45) is 11.8 Å². The fraction of sp³-hybridized carbons (Fsp3) is 0.545. The SMILES string of the molecule is CC[C@@H](O)/C=C/[C@@H]1C(=O)C[C@H](O)[C@H]1C/C=C\C/C=C\C/C=C\CCC(=O)O. The molecule has 1 saturated carbocycles. The Bertz CT molecular complexity index is 573. The van der Waals surface area contributed by atoms with Crippen molar-refractivity contribution in [3.8, 4) is 0 Å². The highest BCUT2D eigenvalue weighted by molar-refractivity contribution is 5.86. The predicted molar refractivity (Wildman–Crippen MR) is 106 cm³/mol. The largest absolute Gasteiger partial charge is 0.481 e. The minimum absolute atomic E-state index is 0.0371. The second-order valence-electron chi connectivity index (χ2n) is 6.84. The minimum atomic E-state index is -0.784. The fourth-order valence-electron chi connectivity index (χ4n) is 3.03. The van der Waals surface area contributed by atoms with E-state index in [9.17, 15) is 19.8 Å². The number of rotatable bonds is 12. The first-order valence-corrected chi connectivity index (χ1v) is 9.69. The highest BCUT2D eigenvalue weighted by atomic mass is 16.4. The van der Waals surface area contributed by atoms with Crippen LogP contribution in [0.2, 0.25) is 0 Å². The number of carbonyl (C=O) groups excluding carboxylic acids is 1. The molecule has 1 fully saturated rings. The monoisotopic (exact) mass is 376 g/mol. The molecule has 1 rings (SSSR count). The molecule has 1 aliphatic carbocycles. The van der Waals surface area contributed by atoms with Gasteiger partial charge in [0.05, 0.1) is 12.2 Å². The summed E-state index contributed by atoms with van der Waals surface area (Å²) in [6.07, 6.45) is 17.8. The average molecular weight is 376 g/mol. The number of carboxylic acid groups (broad SMARTS) is 1. The van der Waals surface area contributed by atoms with E-state index in [-0.39, 0.29) is 30.5 Å². The fourth-order valence-corrected chi connectivity index (χ4v) is 3.03. The lowest BCUT2D eigenvalue weighted by molar-refractivity contribution is -0.136. The molecule has 0 aromatic heterocycles. The maximum absolute atomic E-state index is 12.0. The molecule has 0 saturated heterocycles. The summed E-state index contributed by atoms with van der Waals surface area (Å²) in [5.74, 6) is -1.20. The van der Waals surface area contributed by atoms with Crippen LogP contribution >= 0.6 is 0 Å². The van der Waals surface area contributed by atoms with E-state index in [1.165, 1.54) is 0 Å². The van der Waals surface area contributed by atoms with Crippen molar-refractivity contribution in [3.05, 3.63) is 48.6 Å². The van der Waals surface area contributed by atoms with Gasteiger partial charge < -0.3 is 15.3 Å². The van der Waals surface area contributed by atoms with E-state index >= 15 is 0 Å². The molecule has 3 N–H and O–H groups in total. The Hall–Kier alpha value is -1.98. The quantitative estimate of drug-likeness (QED) is 0.453. The van der Waals surface area contributed by atoms with Crippen LogP contribution in [-0.4, -0.2) is 39.3 Å². The Labute approximate surface area is 161 Å². The Kier molecular flexibility index (Phi) is 11.3. The Morgan fingerprint density at radius 1 is 1.15 bits per heavy atom. The zero-order valence-electron chi connectivity index (χ0n) is 16.0. The molecule has 5 nitrogen and oxygen atoms in total. The van der Waals surface area contributed by atoms with Crippen LogP contribution < -0.4 is 0 Å². The van der Waals surface area contributed by atoms with E-state index in [0.29, 0.717) is 19.3 Å². The van der Waals surface area contributed by atoms with Crippen LogP contribution in [0.5, 0.6) is 0 Å². The number of hydrogen-bond acceptors (Lipinski definition) is 4. The molecule has 0 amide bonds. The molecule has 0 radical (unpaired) electrons. The summed E-state index contributed by atoms with van der Waals surface area (Å²) < 4.78 is 0. The van der Waals surface area contributed by atoms with Crippen molar-refractivity contribution in [2.45, 2.75) is 64.1 Å². The molecule has 0 aliphatic heterocycles. The molecule has 4 atom stereocenters. The number of ketones is 1. The summed E-state index contributed by atoms with van der Waals surface area (Å²) >= 11 is 0. The number of hydrogen-bond donors (Lipinski definition) is 3. The number of carbonyl (C=O) groups is 2. The van der Waals surface area contributed by atoms with Crippen molar-refractivity contribution in [3.63, 3.8) is 0 Å². The Balaban J connectivity index is 2.35. The summed E-state index contributed by atoms with van der Waals surface area (Å²) in [5.41, 5.74) is 0. The zero-order valence-corrected chi connectivity index (χ0v) is 16.0. The van der Waals surface area contributed by atoms with Gasteiger partial charge >= 0.3 is 5.97 Å². The van der Waals surface area contributed by atoms with Crippen LogP contribution in [0.3, 0.4) is 0 Å². The average Bonchev–Trinajstić information content (AvgIpc) is 2.90. The van der Waals surface area contributed by atoms with E-state index in [2.05, 4.69) is 0 Å². The number of allylic oxidation sites excluding steroid dienone is 7. The summed E-state index contributed by atoms with van der Waals surface area (Å²) in [6.45, 7) is 1.87. The zero-order chi connectivity index (χ0) is 20.1. The molecule has 0 aromatic rings. The lowest BCUT2D eigenvalue weighted by atomic mass is 9.90. The van der Waals surface area contributed by atoms with E-state index in [1.54, 1.807) is 12.2 Å². The van der Waals surface area contributed by atoms with Crippen LogP contribution in [0, 0.1) is 11.8 Å². The summed E-state index contributed by atoms with van der Waals surface area (Å²) in [5, 5.41) is 28.3. The third-order valence-electron chi connectivity index (χ3n) is 4.67. The standard InChI is InChI=1S/C22H32O5/c1-2-17(23)14-15-19-18(20(24)16-21(19)25)12-10-8-6-4-3-5-7-9-11-13-22(26)27/h3-4,7-10,14-15,17-20,23-24H,2,5-6,11-13,16H2,1H3,(H,26,27)/b4-3-,9-7-,10-8-,15-14+/t17-,18+,19+,20+/m1/s1. The van der Waals surface area contributed by atoms with Gasteiger partial charge in [0.1, 0.15) is 5.78 Å². The summed E-state index contributed by atoms with van der Waals surface area (Å²) in [4.78, 5) is 22.4. The molecule has 27 heavy (non-hydrogen) atoms. The van der Waals surface area contributed by atoms with Crippen molar-refractivity contribution in [2.75, 3.05) is 0 Å². The molecule has 1 aliphatic rings. The lowest BCUT2D eigenvalue weighted by Crippen LogP contribution is -2.19. The molecule has 0 aromatic carbocycles. The Morgan fingerprint density at radius 3 is 2.41 bits per heavy atom. The number of aliphatic hydroxyl groups is 2. The normalized spacial score (nSPS) is 24.9. The first-order chi connectivity index (χ1) is 13.0. The van der Waals surface area contributed by atoms with E-state index < -0.39 is 18.2 Å². The summed E-state index contributed by atoms with van der Waals surface area (Å²) in [7, 11) is 0. The van der Waals surface area contributed by atoms with Crippen LogP contribution in [0.15, 0.2) is 48.6 Å². The van der Waals surface area contributed by atoms with Gasteiger partial charge in [-0.2, -0.15) is 0 Å².